The Kier molecular flexibility index (Phi) is 2.51. The van der Waals surface area contributed by atoms with Gasteiger partial charge in [-0.05, 0) is 23.8 Å². The highest BCUT2D eigenvalue weighted by Gasteiger charge is 2.25. The van der Waals surface area contributed by atoms with Gasteiger partial charge in [-0.25, -0.2) is 9.18 Å². The van der Waals surface area contributed by atoms with Crippen LogP contribution in [0.3, 0.4) is 0 Å². The predicted molar refractivity (Wildman–Crippen MR) is 50.4 cm³/mol. The second kappa shape index (κ2) is 3.82. The summed E-state index contributed by atoms with van der Waals surface area (Å²) in [6.07, 6.45) is 1.12. The zero-order valence-corrected chi connectivity index (χ0v) is 7.76. The van der Waals surface area contributed by atoms with Crippen molar-refractivity contribution in [3.8, 4) is 0 Å². The maximum Gasteiger partial charge on any atom is 0.331 e. The van der Waals surface area contributed by atoms with E-state index in [0.717, 1.165) is 0 Å². The third-order valence-electron chi connectivity index (χ3n) is 2.20. The number of cyclic esters (lactones) is 1. The molecule has 2 unspecified atom stereocenters. The Hall–Kier alpha value is -1.68. The third kappa shape index (κ3) is 2.05. The molecule has 1 N–H and O–H groups in total. The lowest BCUT2D eigenvalue weighted by molar-refractivity contribution is -0.142. The number of ether oxygens (including phenoxy) is 1. The molecule has 2 rings (SSSR count). The quantitative estimate of drug-likeness (QED) is 0.746. The SMILES string of the molecule is O=C1C=CC(C(O)c2ccc(F)cc2)O1. The third-order valence-corrected chi connectivity index (χ3v) is 2.20. The van der Waals surface area contributed by atoms with Gasteiger partial charge in [-0.3, -0.25) is 0 Å². The molecule has 1 aliphatic heterocycles. The van der Waals surface area contributed by atoms with Gasteiger partial charge in [0, 0.05) is 6.08 Å². The Morgan fingerprint density at radius 2 is 2.00 bits per heavy atom. The van der Waals surface area contributed by atoms with Crippen LogP contribution in [0.2, 0.25) is 0 Å². The Bertz CT molecular complexity index is 397. The summed E-state index contributed by atoms with van der Waals surface area (Å²) in [6.45, 7) is 0. The molecule has 1 aromatic carbocycles. The van der Waals surface area contributed by atoms with Crippen LogP contribution in [0.4, 0.5) is 4.39 Å². The molecule has 0 bridgehead atoms. The molecular formula is C11H9FO3. The summed E-state index contributed by atoms with van der Waals surface area (Å²) in [6, 6.07) is 5.41. The fourth-order valence-corrected chi connectivity index (χ4v) is 1.41. The smallest absolute Gasteiger partial charge is 0.331 e. The van der Waals surface area contributed by atoms with E-state index in [1.807, 2.05) is 0 Å². The maximum atomic E-state index is 12.6. The molecule has 1 aliphatic rings. The van der Waals surface area contributed by atoms with E-state index in [9.17, 15) is 14.3 Å². The first kappa shape index (κ1) is 9.86. The van der Waals surface area contributed by atoms with Crippen molar-refractivity contribution in [2.24, 2.45) is 0 Å². The average Bonchev–Trinajstić information content (AvgIpc) is 2.65. The highest BCUT2D eigenvalue weighted by Crippen LogP contribution is 2.23. The van der Waals surface area contributed by atoms with Crippen molar-refractivity contribution in [3.63, 3.8) is 0 Å². The van der Waals surface area contributed by atoms with Crippen LogP contribution in [0.1, 0.15) is 11.7 Å². The van der Waals surface area contributed by atoms with Gasteiger partial charge in [-0.1, -0.05) is 12.1 Å². The first-order valence-corrected chi connectivity index (χ1v) is 4.49. The number of hydrogen-bond acceptors (Lipinski definition) is 3. The molecule has 0 radical (unpaired) electrons. The second-order valence-electron chi connectivity index (χ2n) is 3.26. The monoisotopic (exact) mass is 208 g/mol. The van der Waals surface area contributed by atoms with Crippen molar-refractivity contribution in [3.05, 3.63) is 47.8 Å². The molecule has 4 heteroatoms. The van der Waals surface area contributed by atoms with E-state index < -0.39 is 18.2 Å². The molecule has 0 saturated heterocycles. The molecule has 3 nitrogen and oxygen atoms in total. The van der Waals surface area contributed by atoms with Crippen LogP contribution in [0.5, 0.6) is 0 Å². The summed E-state index contributed by atoms with van der Waals surface area (Å²) in [4.78, 5) is 10.8. The molecular weight excluding hydrogens is 199 g/mol. The molecule has 2 atom stereocenters. The molecule has 78 valence electrons. The molecule has 1 heterocycles. The van der Waals surface area contributed by atoms with E-state index in [1.165, 1.54) is 36.4 Å². The molecule has 0 aromatic heterocycles. The van der Waals surface area contributed by atoms with Crippen LogP contribution in [0.15, 0.2) is 36.4 Å². The van der Waals surface area contributed by atoms with Gasteiger partial charge in [0.15, 0.2) is 6.10 Å². The number of carbonyl (C=O) groups excluding carboxylic acids is 1. The Morgan fingerprint density at radius 1 is 1.33 bits per heavy atom. The molecule has 0 amide bonds. The standard InChI is InChI=1S/C11H9FO3/c12-8-3-1-7(2-4-8)11(14)9-5-6-10(13)15-9/h1-6,9,11,14H. The van der Waals surface area contributed by atoms with Crippen LogP contribution >= 0.6 is 0 Å². The fourth-order valence-electron chi connectivity index (χ4n) is 1.41. The Labute approximate surface area is 85.8 Å². The van der Waals surface area contributed by atoms with Crippen molar-refractivity contribution in [2.45, 2.75) is 12.2 Å². The first-order chi connectivity index (χ1) is 7.16. The van der Waals surface area contributed by atoms with Gasteiger partial charge in [-0.15, -0.1) is 0 Å². The van der Waals surface area contributed by atoms with E-state index in [4.69, 9.17) is 4.74 Å². The van der Waals surface area contributed by atoms with Gasteiger partial charge in [0.25, 0.3) is 0 Å². The molecule has 1 aromatic rings. The van der Waals surface area contributed by atoms with Gasteiger partial charge < -0.3 is 9.84 Å². The summed E-state index contributed by atoms with van der Waals surface area (Å²) in [5, 5.41) is 9.78. The van der Waals surface area contributed by atoms with Crippen molar-refractivity contribution in [2.75, 3.05) is 0 Å². The fraction of sp³-hybridized carbons (Fsp3) is 0.182. The van der Waals surface area contributed by atoms with Gasteiger partial charge >= 0.3 is 5.97 Å². The predicted octanol–water partition coefficient (Wildman–Crippen LogP) is 1.34. The number of rotatable bonds is 2. The van der Waals surface area contributed by atoms with Crippen LogP contribution in [-0.4, -0.2) is 17.2 Å². The molecule has 0 spiro atoms. The average molecular weight is 208 g/mol. The van der Waals surface area contributed by atoms with Crippen molar-refractivity contribution >= 4 is 5.97 Å². The van der Waals surface area contributed by atoms with Gasteiger partial charge in [0.1, 0.15) is 11.9 Å². The van der Waals surface area contributed by atoms with E-state index >= 15 is 0 Å². The number of aliphatic hydroxyl groups is 1. The number of aliphatic hydroxyl groups excluding tert-OH is 1. The summed E-state index contributed by atoms with van der Waals surface area (Å²) >= 11 is 0. The maximum absolute atomic E-state index is 12.6. The lowest BCUT2D eigenvalue weighted by atomic mass is 10.0. The van der Waals surface area contributed by atoms with Crippen LogP contribution in [0.25, 0.3) is 0 Å². The molecule has 0 fully saturated rings. The Balaban J connectivity index is 2.14. The highest BCUT2D eigenvalue weighted by molar-refractivity contribution is 5.84. The minimum Gasteiger partial charge on any atom is -0.452 e. The molecule has 0 aliphatic carbocycles. The van der Waals surface area contributed by atoms with Crippen molar-refractivity contribution in [1.29, 1.82) is 0 Å². The number of benzene rings is 1. The minimum atomic E-state index is -0.951. The molecule has 15 heavy (non-hydrogen) atoms. The van der Waals surface area contributed by atoms with Crippen molar-refractivity contribution in [1.82, 2.24) is 0 Å². The largest absolute Gasteiger partial charge is 0.452 e. The highest BCUT2D eigenvalue weighted by atomic mass is 19.1. The van der Waals surface area contributed by atoms with Crippen molar-refractivity contribution < 1.29 is 19.0 Å². The van der Waals surface area contributed by atoms with Crippen LogP contribution < -0.4 is 0 Å². The second-order valence-corrected chi connectivity index (χ2v) is 3.26. The number of halogens is 1. The normalized spacial score (nSPS) is 21.5. The van der Waals surface area contributed by atoms with Crippen LogP contribution in [-0.2, 0) is 9.53 Å². The number of carbonyl (C=O) groups is 1. The van der Waals surface area contributed by atoms with Gasteiger partial charge in [0.05, 0.1) is 0 Å². The topological polar surface area (TPSA) is 46.5 Å². The van der Waals surface area contributed by atoms with Gasteiger partial charge in [-0.2, -0.15) is 0 Å². The molecule has 0 saturated carbocycles. The minimum absolute atomic E-state index is 0.370. The zero-order chi connectivity index (χ0) is 10.8. The lowest BCUT2D eigenvalue weighted by Crippen LogP contribution is -2.18. The van der Waals surface area contributed by atoms with E-state index in [0.29, 0.717) is 5.56 Å². The first-order valence-electron chi connectivity index (χ1n) is 4.49. The number of esters is 1. The number of hydrogen-bond donors (Lipinski definition) is 1. The van der Waals surface area contributed by atoms with E-state index in [1.54, 1.807) is 0 Å². The Morgan fingerprint density at radius 3 is 2.53 bits per heavy atom. The summed E-state index contributed by atoms with van der Waals surface area (Å²) < 4.78 is 17.4. The lowest BCUT2D eigenvalue weighted by Gasteiger charge is -2.16. The van der Waals surface area contributed by atoms with Gasteiger partial charge in [0.2, 0.25) is 0 Å². The van der Waals surface area contributed by atoms with Crippen LogP contribution in [0, 0.1) is 5.82 Å². The summed E-state index contributed by atoms with van der Waals surface area (Å²) in [5.41, 5.74) is 0.515. The summed E-state index contributed by atoms with van der Waals surface area (Å²) in [5.74, 6) is -0.842. The van der Waals surface area contributed by atoms with E-state index in [-0.39, 0.29) is 5.82 Å². The zero-order valence-electron chi connectivity index (χ0n) is 7.76. The van der Waals surface area contributed by atoms with E-state index in [2.05, 4.69) is 0 Å². The summed E-state index contributed by atoms with van der Waals surface area (Å²) in [7, 11) is 0.